The third kappa shape index (κ3) is 6.38. The van der Waals surface area contributed by atoms with Crippen LogP contribution in [0.25, 0.3) is 0 Å². The molecule has 1 saturated heterocycles. The number of nitrogens with one attached hydrogen (secondary N) is 1. The van der Waals surface area contributed by atoms with E-state index in [1.165, 1.54) is 5.56 Å². The molecule has 0 aromatic heterocycles. The van der Waals surface area contributed by atoms with Gasteiger partial charge in [-0.05, 0) is 55.8 Å². The van der Waals surface area contributed by atoms with Gasteiger partial charge in [-0.3, -0.25) is 10.1 Å². The number of hydrogen-bond donors (Lipinski definition) is 2. The van der Waals surface area contributed by atoms with Gasteiger partial charge in [0, 0.05) is 25.2 Å². The summed E-state index contributed by atoms with van der Waals surface area (Å²) >= 11 is 0. The van der Waals surface area contributed by atoms with Gasteiger partial charge in [0.15, 0.2) is 0 Å². The van der Waals surface area contributed by atoms with E-state index in [4.69, 9.17) is 10.5 Å². The highest BCUT2D eigenvalue weighted by molar-refractivity contribution is 5.84. The average Bonchev–Trinajstić information content (AvgIpc) is 2.65. The van der Waals surface area contributed by atoms with Gasteiger partial charge in [-0.25, -0.2) is 4.79 Å². The summed E-state index contributed by atoms with van der Waals surface area (Å²) in [7, 11) is 0. The first kappa shape index (κ1) is 19.2. The van der Waals surface area contributed by atoms with Crippen LogP contribution in [0.2, 0.25) is 0 Å². The number of likely N-dealkylation sites (tertiary alicyclic amines) is 1. The zero-order valence-corrected chi connectivity index (χ0v) is 15.0. The van der Waals surface area contributed by atoms with Crippen molar-refractivity contribution in [1.82, 2.24) is 4.90 Å². The molecule has 0 bridgehead atoms. The van der Waals surface area contributed by atoms with E-state index in [1.807, 2.05) is 29.2 Å². The highest BCUT2D eigenvalue weighted by atomic mass is 16.5. The molecule has 6 nitrogen and oxygen atoms in total. The van der Waals surface area contributed by atoms with Crippen molar-refractivity contribution in [2.24, 2.45) is 11.7 Å². The lowest BCUT2D eigenvalue weighted by molar-refractivity contribution is -0.132. The second kappa shape index (κ2) is 10.0. The predicted molar refractivity (Wildman–Crippen MR) is 98.4 cm³/mol. The van der Waals surface area contributed by atoms with Gasteiger partial charge in [0.05, 0.1) is 6.61 Å². The standard InChI is InChI=1S/C19H29N3O3/c1-2-15-5-7-17(8-6-15)21-19(24)25-14-16-9-12-22(13-10-16)18(23)4-3-11-20/h5-8,16H,2-4,9-14,20H2,1H3,(H,21,24). The molecule has 1 heterocycles. The van der Waals surface area contributed by atoms with Crippen molar-refractivity contribution in [3.05, 3.63) is 29.8 Å². The van der Waals surface area contributed by atoms with Crippen LogP contribution in [0.5, 0.6) is 0 Å². The van der Waals surface area contributed by atoms with Crippen LogP contribution < -0.4 is 11.1 Å². The maximum atomic E-state index is 12.0. The molecule has 0 atom stereocenters. The summed E-state index contributed by atoms with van der Waals surface area (Å²) in [6.45, 7) is 4.50. The lowest BCUT2D eigenvalue weighted by Gasteiger charge is -2.31. The lowest BCUT2D eigenvalue weighted by Crippen LogP contribution is -2.39. The fraction of sp³-hybridized carbons (Fsp3) is 0.579. The molecule has 2 rings (SSSR count). The largest absolute Gasteiger partial charge is 0.449 e. The molecule has 0 saturated carbocycles. The first-order valence-electron chi connectivity index (χ1n) is 9.13. The molecule has 3 N–H and O–H groups in total. The summed E-state index contributed by atoms with van der Waals surface area (Å²) in [5, 5.41) is 2.75. The van der Waals surface area contributed by atoms with Crippen molar-refractivity contribution in [2.45, 2.75) is 39.0 Å². The van der Waals surface area contributed by atoms with Gasteiger partial charge in [-0.2, -0.15) is 0 Å². The van der Waals surface area contributed by atoms with Crippen LogP contribution in [0.1, 0.15) is 38.2 Å². The number of benzene rings is 1. The molecule has 1 aromatic rings. The minimum atomic E-state index is -0.425. The second-order valence-corrected chi connectivity index (χ2v) is 6.49. The molecular formula is C19H29N3O3. The van der Waals surface area contributed by atoms with Crippen LogP contribution in [0.3, 0.4) is 0 Å². The molecule has 2 amide bonds. The fourth-order valence-corrected chi connectivity index (χ4v) is 2.93. The maximum absolute atomic E-state index is 12.0. The number of aryl methyl sites for hydroxylation is 1. The fourth-order valence-electron chi connectivity index (χ4n) is 2.93. The van der Waals surface area contributed by atoms with Crippen molar-refractivity contribution in [3.8, 4) is 0 Å². The van der Waals surface area contributed by atoms with E-state index in [9.17, 15) is 9.59 Å². The van der Waals surface area contributed by atoms with E-state index in [2.05, 4.69) is 12.2 Å². The zero-order chi connectivity index (χ0) is 18.1. The monoisotopic (exact) mass is 347 g/mol. The number of rotatable bonds is 7. The summed E-state index contributed by atoms with van der Waals surface area (Å²) < 4.78 is 5.33. The SMILES string of the molecule is CCc1ccc(NC(=O)OCC2CCN(C(=O)CCCN)CC2)cc1. The molecule has 0 spiro atoms. The van der Waals surface area contributed by atoms with Crippen LogP contribution in [0.15, 0.2) is 24.3 Å². The highest BCUT2D eigenvalue weighted by Gasteiger charge is 2.23. The van der Waals surface area contributed by atoms with Gasteiger partial charge < -0.3 is 15.4 Å². The van der Waals surface area contributed by atoms with Gasteiger partial charge in [-0.1, -0.05) is 19.1 Å². The molecule has 1 aliphatic heterocycles. The summed E-state index contributed by atoms with van der Waals surface area (Å²) in [4.78, 5) is 25.7. The van der Waals surface area contributed by atoms with Crippen LogP contribution >= 0.6 is 0 Å². The Kier molecular flexibility index (Phi) is 7.73. The molecule has 138 valence electrons. The minimum Gasteiger partial charge on any atom is -0.449 e. The summed E-state index contributed by atoms with van der Waals surface area (Å²) in [5.74, 6) is 0.491. The van der Waals surface area contributed by atoms with Crippen molar-refractivity contribution in [3.63, 3.8) is 0 Å². The Morgan fingerprint density at radius 1 is 1.24 bits per heavy atom. The molecule has 1 fully saturated rings. The number of carbonyl (C=O) groups is 2. The quantitative estimate of drug-likeness (QED) is 0.794. The number of hydrogen-bond acceptors (Lipinski definition) is 4. The molecule has 0 unspecified atom stereocenters. The van der Waals surface area contributed by atoms with Crippen molar-refractivity contribution < 1.29 is 14.3 Å². The van der Waals surface area contributed by atoms with E-state index in [0.29, 0.717) is 25.5 Å². The maximum Gasteiger partial charge on any atom is 0.411 e. The van der Waals surface area contributed by atoms with Crippen LogP contribution in [0.4, 0.5) is 10.5 Å². The summed E-state index contributed by atoms with van der Waals surface area (Å²) in [5.41, 5.74) is 7.41. The Labute approximate surface area is 149 Å². The number of carbonyl (C=O) groups excluding carboxylic acids is 2. The molecule has 0 aliphatic carbocycles. The number of piperidine rings is 1. The second-order valence-electron chi connectivity index (χ2n) is 6.49. The Balaban J connectivity index is 1.66. The number of nitrogens with two attached hydrogens (primary N) is 1. The lowest BCUT2D eigenvalue weighted by atomic mass is 9.97. The number of nitrogens with zero attached hydrogens (tertiary/aromatic N) is 1. The van der Waals surface area contributed by atoms with Gasteiger partial charge in [0.2, 0.25) is 5.91 Å². The molecule has 0 radical (unpaired) electrons. The Morgan fingerprint density at radius 3 is 2.52 bits per heavy atom. The third-order valence-corrected chi connectivity index (χ3v) is 4.62. The minimum absolute atomic E-state index is 0.179. The average molecular weight is 347 g/mol. The Morgan fingerprint density at radius 2 is 1.92 bits per heavy atom. The topological polar surface area (TPSA) is 84.7 Å². The van der Waals surface area contributed by atoms with Crippen LogP contribution in [0, 0.1) is 5.92 Å². The van der Waals surface area contributed by atoms with Crippen molar-refractivity contribution >= 4 is 17.7 Å². The normalized spacial score (nSPS) is 15.0. The van der Waals surface area contributed by atoms with Gasteiger partial charge in [-0.15, -0.1) is 0 Å². The van der Waals surface area contributed by atoms with Gasteiger partial charge in [0.1, 0.15) is 0 Å². The Bertz CT molecular complexity index is 552. The molecular weight excluding hydrogens is 318 g/mol. The zero-order valence-electron chi connectivity index (χ0n) is 15.0. The van der Waals surface area contributed by atoms with E-state index in [0.717, 1.165) is 44.5 Å². The summed E-state index contributed by atoms with van der Waals surface area (Å²) in [6.07, 6.45) is 3.54. The molecule has 25 heavy (non-hydrogen) atoms. The molecule has 6 heteroatoms. The Hall–Kier alpha value is -2.08. The van der Waals surface area contributed by atoms with E-state index < -0.39 is 6.09 Å². The first-order chi connectivity index (χ1) is 12.1. The van der Waals surface area contributed by atoms with Crippen molar-refractivity contribution in [1.29, 1.82) is 0 Å². The van der Waals surface area contributed by atoms with Crippen molar-refractivity contribution in [2.75, 3.05) is 31.6 Å². The molecule has 1 aromatic carbocycles. The van der Waals surface area contributed by atoms with Crippen LogP contribution in [-0.4, -0.2) is 43.1 Å². The van der Waals surface area contributed by atoms with E-state index >= 15 is 0 Å². The van der Waals surface area contributed by atoms with Crippen LogP contribution in [-0.2, 0) is 16.0 Å². The van der Waals surface area contributed by atoms with E-state index in [-0.39, 0.29) is 5.91 Å². The van der Waals surface area contributed by atoms with E-state index in [1.54, 1.807) is 0 Å². The van der Waals surface area contributed by atoms with Gasteiger partial charge >= 0.3 is 6.09 Å². The van der Waals surface area contributed by atoms with Gasteiger partial charge in [0.25, 0.3) is 0 Å². The highest BCUT2D eigenvalue weighted by Crippen LogP contribution is 2.19. The smallest absolute Gasteiger partial charge is 0.411 e. The molecule has 1 aliphatic rings. The number of amides is 2. The predicted octanol–water partition coefficient (Wildman–Crippen LogP) is 2.78. The third-order valence-electron chi connectivity index (χ3n) is 4.62. The number of anilines is 1. The number of ether oxygens (including phenoxy) is 1. The summed E-state index contributed by atoms with van der Waals surface area (Å²) in [6, 6.07) is 7.75. The first-order valence-corrected chi connectivity index (χ1v) is 9.13.